The average Bonchev–Trinajstić information content (AvgIpc) is 3.27. The molecule has 0 bridgehead atoms. The minimum absolute atomic E-state index is 0.0143. The van der Waals surface area contributed by atoms with E-state index >= 15 is 0 Å². The van der Waals surface area contributed by atoms with Crippen molar-refractivity contribution in [2.75, 3.05) is 10.7 Å². The number of hydrogen-bond donors (Lipinski definition) is 4. The molecule has 5 rings (SSSR count). The number of aromatic carboxylic acids is 1. The van der Waals surface area contributed by atoms with Crippen LogP contribution in [0.3, 0.4) is 0 Å². The summed E-state index contributed by atoms with van der Waals surface area (Å²) in [7, 11) is 0. The molecular weight excluding hydrogens is 547 g/mol. The number of phenolic OH excluding ortho intramolecular Hbond substituents is 1. The summed E-state index contributed by atoms with van der Waals surface area (Å²) in [5.74, 6) is -2.92. The zero-order chi connectivity index (χ0) is 29.4. The standard InChI is InChI=1S/C31H22ClFN4O4/c1-15(2)16-3-5-17(6-4-16)26-19(14-34)7-9-21-27(26)35-30(39)28(21)37-36-25-13-20(32)12-22(29(25)38)18-8-10-24(33)23(11-18)31(40)41/h3-13,15,36,38H,1-2H3,(H,40,41)(H,35,37,39). The summed E-state index contributed by atoms with van der Waals surface area (Å²) in [6, 6.07) is 19.3. The van der Waals surface area contributed by atoms with Gasteiger partial charge < -0.3 is 15.5 Å². The van der Waals surface area contributed by atoms with Crippen molar-refractivity contribution in [3.05, 3.63) is 99.8 Å². The van der Waals surface area contributed by atoms with E-state index in [9.17, 15) is 29.5 Å². The van der Waals surface area contributed by atoms with Gasteiger partial charge in [0.15, 0.2) is 5.71 Å². The van der Waals surface area contributed by atoms with Gasteiger partial charge in [-0.05, 0) is 59.0 Å². The number of carbonyl (C=O) groups excluding carboxylic acids is 1. The molecule has 0 spiro atoms. The number of carboxylic acid groups (broad SMARTS) is 1. The number of nitriles is 1. The number of carbonyl (C=O) groups is 2. The fraction of sp³-hybridized carbons (Fsp3) is 0.0968. The highest BCUT2D eigenvalue weighted by atomic mass is 35.5. The van der Waals surface area contributed by atoms with Gasteiger partial charge in [0.2, 0.25) is 0 Å². The first kappa shape index (κ1) is 27.4. The maximum Gasteiger partial charge on any atom is 0.338 e. The van der Waals surface area contributed by atoms with Gasteiger partial charge in [-0.1, -0.05) is 55.8 Å². The molecule has 8 nitrogen and oxygen atoms in total. The molecule has 41 heavy (non-hydrogen) atoms. The summed E-state index contributed by atoms with van der Waals surface area (Å²) in [5.41, 5.74) is 6.22. The Kier molecular flexibility index (Phi) is 7.18. The number of phenols is 1. The van der Waals surface area contributed by atoms with E-state index in [2.05, 4.69) is 35.8 Å². The number of hydrogen-bond acceptors (Lipinski definition) is 6. The molecule has 0 fully saturated rings. The highest BCUT2D eigenvalue weighted by Gasteiger charge is 2.30. The Hall–Kier alpha value is -5.20. The fourth-order valence-corrected chi connectivity index (χ4v) is 4.86. The molecular formula is C31H22ClFN4O4. The zero-order valence-corrected chi connectivity index (χ0v) is 22.5. The van der Waals surface area contributed by atoms with Crippen molar-refractivity contribution in [1.29, 1.82) is 5.26 Å². The molecule has 0 aliphatic carbocycles. The van der Waals surface area contributed by atoms with Crippen LogP contribution in [0.25, 0.3) is 22.3 Å². The maximum absolute atomic E-state index is 13.9. The van der Waals surface area contributed by atoms with Crippen molar-refractivity contribution < 1.29 is 24.2 Å². The van der Waals surface area contributed by atoms with Crippen molar-refractivity contribution >= 4 is 40.6 Å². The Morgan fingerprint density at radius 3 is 2.41 bits per heavy atom. The Balaban J connectivity index is 1.54. The molecule has 0 aromatic heterocycles. The quantitative estimate of drug-likeness (QED) is 0.146. The van der Waals surface area contributed by atoms with Gasteiger partial charge in [0.25, 0.3) is 5.91 Å². The Bertz CT molecular complexity index is 1810. The van der Waals surface area contributed by atoms with Gasteiger partial charge in [-0.25, -0.2) is 9.18 Å². The monoisotopic (exact) mass is 568 g/mol. The Labute approximate surface area is 239 Å². The summed E-state index contributed by atoms with van der Waals surface area (Å²) < 4.78 is 13.9. The molecule has 1 aliphatic heterocycles. The van der Waals surface area contributed by atoms with E-state index in [0.717, 1.165) is 23.3 Å². The minimum Gasteiger partial charge on any atom is -0.505 e. The number of amides is 1. The van der Waals surface area contributed by atoms with Gasteiger partial charge in [-0.3, -0.25) is 10.2 Å². The molecule has 1 amide bonds. The van der Waals surface area contributed by atoms with Crippen LogP contribution >= 0.6 is 11.6 Å². The van der Waals surface area contributed by atoms with Crippen LogP contribution in [0, 0.1) is 17.1 Å². The third-order valence-corrected chi connectivity index (χ3v) is 6.99. The van der Waals surface area contributed by atoms with Crippen LogP contribution in [-0.4, -0.2) is 27.8 Å². The van der Waals surface area contributed by atoms with Crippen LogP contribution in [0.4, 0.5) is 15.8 Å². The molecule has 0 saturated carbocycles. The van der Waals surface area contributed by atoms with Gasteiger partial charge in [0.1, 0.15) is 17.3 Å². The second-order valence-electron chi connectivity index (χ2n) is 9.67. The van der Waals surface area contributed by atoms with Crippen LogP contribution < -0.4 is 10.7 Å². The number of carboxylic acids is 1. The third-order valence-electron chi connectivity index (χ3n) is 6.77. The van der Waals surface area contributed by atoms with Gasteiger partial charge in [-0.15, -0.1) is 0 Å². The van der Waals surface area contributed by atoms with E-state index in [4.69, 9.17) is 11.6 Å². The fourth-order valence-electron chi connectivity index (χ4n) is 4.64. The third kappa shape index (κ3) is 5.09. The minimum atomic E-state index is -1.46. The number of fused-ring (bicyclic) bond motifs is 1. The molecule has 0 unspecified atom stereocenters. The summed E-state index contributed by atoms with van der Waals surface area (Å²) in [6.07, 6.45) is 0. The number of aromatic hydroxyl groups is 1. The largest absolute Gasteiger partial charge is 0.505 e. The number of halogens is 2. The number of nitrogens with one attached hydrogen (secondary N) is 2. The van der Waals surface area contributed by atoms with Crippen molar-refractivity contribution in [3.8, 4) is 34.1 Å². The van der Waals surface area contributed by atoms with Crippen LogP contribution in [0.1, 0.15) is 46.8 Å². The SMILES string of the molecule is CC(C)c1ccc(-c2c(C#N)ccc3c2NC(=O)C3=NNc2cc(Cl)cc(-c3ccc(F)c(C(=O)O)c3)c2O)cc1. The molecule has 1 heterocycles. The molecule has 4 N–H and O–H groups in total. The lowest BCUT2D eigenvalue weighted by molar-refractivity contribution is -0.110. The Morgan fingerprint density at radius 2 is 1.76 bits per heavy atom. The van der Waals surface area contributed by atoms with Gasteiger partial charge >= 0.3 is 5.97 Å². The number of anilines is 2. The predicted molar refractivity (Wildman–Crippen MR) is 155 cm³/mol. The second kappa shape index (κ2) is 10.8. The van der Waals surface area contributed by atoms with E-state index in [-0.39, 0.29) is 33.3 Å². The summed E-state index contributed by atoms with van der Waals surface area (Å²) >= 11 is 6.26. The first-order valence-electron chi connectivity index (χ1n) is 12.5. The van der Waals surface area contributed by atoms with E-state index in [1.165, 1.54) is 18.2 Å². The lowest BCUT2D eigenvalue weighted by Crippen LogP contribution is -2.16. The normalized spacial score (nSPS) is 13.2. The first-order valence-corrected chi connectivity index (χ1v) is 12.9. The van der Waals surface area contributed by atoms with Crippen LogP contribution in [0.2, 0.25) is 5.02 Å². The summed E-state index contributed by atoms with van der Waals surface area (Å²) in [6.45, 7) is 4.17. The van der Waals surface area contributed by atoms with Crippen LogP contribution in [0.5, 0.6) is 5.75 Å². The van der Waals surface area contributed by atoms with Crippen LogP contribution in [-0.2, 0) is 4.79 Å². The molecule has 4 aromatic carbocycles. The van der Waals surface area contributed by atoms with Crippen molar-refractivity contribution in [2.45, 2.75) is 19.8 Å². The van der Waals surface area contributed by atoms with E-state index in [1.54, 1.807) is 12.1 Å². The molecule has 0 atom stereocenters. The van der Waals surface area contributed by atoms with E-state index in [0.29, 0.717) is 28.3 Å². The van der Waals surface area contributed by atoms with Gasteiger partial charge in [-0.2, -0.15) is 10.4 Å². The van der Waals surface area contributed by atoms with Crippen molar-refractivity contribution in [3.63, 3.8) is 0 Å². The smallest absolute Gasteiger partial charge is 0.338 e. The maximum atomic E-state index is 13.9. The molecule has 0 saturated heterocycles. The highest BCUT2D eigenvalue weighted by Crippen LogP contribution is 2.41. The summed E-state index contributed by atoms with van der Waals surface area (Å²) in [5, 5.41) is 37.2. The number of benzene rings is 4. The van der Waals surface area contributed by atoms with E-state index in [1.807, 2.05) is 24.3 Å². The lowest BCUT2D eigenvalue weighted by atomic mass is 9.93. The number of hydrazone groups is 1. The lowest BCUT2D eigenvalue weighted by Gasteiger charge is -2.13. The van der Waals surface area contributed by atoms with Crippen molar-refractivity contribution in [2.24, 2.45) is 5.10 Å². The Morgan fingerprint density at radius 1 is 1.05 bits per heavy atom. The topological polar surface area (TPSA) is 135 Å². The van der Waals surface area contributed by atoms with Gasteiger partial charge in [0, 0.05) is 21.7 Å². The molecule has 10 heteroatoms. The summed E-state index contributed by atoms with van der Waals surface area (Å²) in [4.78, 5) is 24.4. The zero-order valence-electron chi connectivity index (χ0n) is 21.8. The number of rotatable bonds is 6. The first-order chi connectivity index (χ1) is 19.6. The molecule has 1 aliphatic rings. The van der Waals surface area contributed by atoms with Gasteiger partial charge in [0.05, 0.1) is 22.9 Å². The number of nitrogens with zero attached hydrogens (tertiary/aromatic N) is 2. The van der Waals surface area contributed by atoms with Crippen LogP contribution in [0.15, 0.2) is 71.8 Å². The average molecular weight is 569 g/mol. The molecule has 4 aromatic rings. The predicted octanol–water partition coefficient (Wildman–Crippen LogP) is 6.98. The molecule has 0 radical (unpaired) electrons. The molecule has 204 valence electrons. The van der Waals surface area contributed by atoms with E-state index < -0.39 is 23.3 Å². The second-order valence-corrected chi connectivity index (χ2v) is 10.1. The highest BCUT2D eigenvalue weighted by molar-refractivity contribution is 6.54. The van der Waals surface area contributed by atoms with Crippen molar-refractivity contribution in [1.82, 2.24) is 0 Å².